The zero-order valence-electron chi connectivity index (χ0n) is 10.9. The fourth-order valence-corrected chi connectivity index (χ4v) is 2.04. The molecule has 1 N–H and O–H groups in total. The van der Waals surface area contributed by atoms with Gasteiger partial charge in [0.1, 0.15) is 6.04 Å². The van der Waals surface area contributed by atoms with Gasteiger partial charge in [0.25, 0.3) is 5.91 Å². The van der Waals surface area contributed by atoms with Crippen molar-refractivity contribution in [3.8, 4) is 12.1 Å². The van der Waals surface area contributed by atoms with Crippen LogP contribution < -0.4 is 5.32 Å². The standard InChI is InChI=1S/C16H10ClN3O/c17-14-4-2-1-3-13(14)15(10-19)20-16(21)12-7-5-11(9-18)6-8-12/h1-8,15H,(H,20,21)/t15-/m1/s1. The van der Waals surface area contributed by atoms with Crippen LogP contribution >= 0.6 is 11.6 Å². The maximum Gasteiger partial charge on any atom is 0.252 e. The smallest absolute Gasteiger partial charge is 0.252 e. The molecule has 0 fully saturated rings. The Bertz CT molecular complexity index is 741. The van der Waals surface area contributed by atoms with Gasteiger partial charge in [0.2, 0.25) is 0 Å². The summed E-state index contributed by atoms with van der Waals surface area (Å²) in [5.74, 6) is -0.397. The molecule has 0 unspecified atom stereocenters. The van der Waals surface area contributed by atoms with Crippen LogP contribution in [0, 0.1) is 22.7 Å². The van der Waals surface area contributed by atoms with Crippen LogP contribution in [-0.4, -0.2) is 5.91 Å². The molecule has 0 radical (unpaired) electrons. The molecule has 1 amide bonds. The molecule has 0 aromatic heterocycles. The van der Waals surface area contributed by atoms with E-state index in [1.807, 2.05) is 12.1 Å². The van der Waals surface area contributed by atoms with Gasteiger partial charge in [-0.15, -0.1) is 0 Å². The van der Waals surface area contributed by atoms with Gasteiger partial charge in [-0.05, 0) is 30.3 Å². The summed E-state index contributed by atoms with van der Waals surface area (Å²) in [6.45, 7) is 0. The molecule has 2 rings (SSSR count). The van der Waals surface area contributed by atoms with Crippen LogP contribution in [-0.2, 0) is 0 Å². The lowest BCUT2D eigenvalue weighted by Gasteiger charge is -2.13. The van der Waals surface area contributed by atoms with Crippen molar-refractivity contribution in [1.82, 2.24) is 5.32 Å². The molecule has 0 saturated carbocycles. The summed E-state index contributed by atoms with van der Waals surface area (Å²) in [4.78, 5) is 12.1. The van der Waals surface area contributed by atoms with Gasteiger partial charge in [-0.2, -0.15) is 10.5 Å². The number of hydrogen-bond acceptors (Lipinski definition) is 3. The van der Waals surface area contributed by atoms with Crippen LogP contribution in [0.4, 0.5) is 0 Å². The Morgan fingerprint density at radius 2 is 1.76 bits per heavy atom. The zero-order chi connectivity index (χ0) is 15.2. The van der Waals surface area contributed by atoms with Gasteiger partial charge in [-0.25, -0.2) is 0 Å². The molecule has 102 valence electrons. The second-order valence-electron chi connectivity index (χ2n) is 4.25. The van der Waals surface area contributed by atoms with Gasteiger partial charge in [0.15, 0.2) is 0 Å². The molecular weight excluding hydrogens is 286 g/mol. The molecule has 0 spiro atoms. The lowest BCUT2D eigenvalue weighted by Crippen LogP contribution is -2.27. The minimum absolute atomic E-state index is 0.376. The minimum Gasteiger partial charge on any atom is -0.332 e. The lowest BCUT2D eigenvalue weighted by atomic mass is 10.1. The van der Waals surface area contributed by atoms with Crippen LogP contribution in [0.15, 0.2) is 48.5 Å². The van der Waals surface area contributed by atoms with E-state index < -0.39 is 11.9 Å². The Morgan fingerprint density at radius 3 is 2.33 bits per heavy atom. The first kappa shape index (κ1) is 14.6. The minimum atomic E-state index is -0.832. The third kappa shape index (κ3) is 3.39. The monoisotopic (exact) mass is 295 g/mol. The summed E-state index contributed by atoms with van der Waals surface area (Å²) in [7, 11) is 0. The first-order chi connectivity index (χ1) is 10.2. The fourth-order valence-electron chi connectivity index (χ4n) is 1.80. The molecule has 0 aliphatic carbocycles. The highest BCUT2D eigenvalue weighted by molar-refractivity contribution is 6.31. The summed E-state index contributed by atoms with van der Waals surface area (Å²) < 4.78 is 0. The molecule has 21 heavy (non-hydrogen) atoms. The number of carbonyl (C=O) groups excluding carboxylic acids is 1. The van der Waals surface area contributed by atoms with Crippen LogP contribution in [0.3, 0.4) is 0 Å². The van der Waals surface area contributed by atoms with Gasteiger partial charge in [-0.3, -0.25) is 4.79 Å². The van der Waals surface area contributed by atoms with Gasteiger partial charge in [0.05, 0.1) is 17.7 Å². The van der Waals surface area contributed by atoms with Crippen molar-refractivity contribution in [2.24, 2.45) is 0 Å². The van der Waals surface area contributed by atoms with Crippen molar-refractivity contribution in [3.63, 3.8) is 0 Å². The number of carbonyl (C=O) groups is 1. The Hall–Kier alpha value is -2.82. The molecule has 0 aliphatic heterocycles. The normalized spacial score (nSPS) is 11.0. The summed E-state index contributed by atoms with van der Waals surface area (Å²) in [6.07, 6.45) is 0. The van der Waals surface area contributed by atoms with E-state index in [4.69, 9.17) is 16.9 Å². The van der Waals surface area contributed by atoms with Crippen molar-refractivity contribution in [2.75, 3.05) is 0 Å². The topological polar surface area (TPSA) is 76.7 Å². The summed E-state index contributed by atoms with van der Waals surface area (Å²) in [5.41, 5.74) is 1.39. The van der Waals surface area contributed by atoms with Gasteiger partial charge in [-0.1, -0.05) is 29.8 Å². The molecule has 2 aromatic rings. The summed E-state index contributed by atoms with van der Waals surface area (Å²) in [5, 5.41) is 21.0. The van der Waals surface area contributed by atoms with E-state index in [2.05, 4.69) is 5.32 Å². The predicted octanol–water partition coefficient (Wildman–Crippen LogP) is 3.21. The maximum absolute atomic E-state index is 12.1. The van der Waals surface area contributed by atoms with E-state index >= 15 is 0 Å². The van der Waals surface area contributed by atoms with Crippen LogP contribution in [0.25, 0.3) is 0 Å². The summed E-state index contributed by atoms with van der Waals surface area (Å²) >= 11 is 6.03. The molecular formula is C16H10ClN3O. The highest BCUT2D eigenvalue weighted by Gasteiger charge is 2.17. The molecule has 2 aromatic carbocycles. The van der Waals surface area contributed by atoms with Gasteiger partial charge in [0, 0.05) is 16.1 Å². The zero-order valence-corrected chi connectivity index (χ0v) is 11.6. The maximum atomic E-state index is 12.1. The van der Waals surface area contributed by atoms with Crippen molar-refractivity contribution < 1.29 is 4.79 Å². The molecule has 0 bridgehead atoms. The van der Waals surface area contributed by atoms with E-state index in [0.29, 0.717) is 21.7 Å². The Morgan fingerprint density at radius 1 is 1.10 bits per heavy atom. The van der Waals surface area contributed by atoms with Crippen LogP contribution in [0.5, 0.6) is 0 Å². The number of nitrogens with zero attached hydrogens (tertiary/aromatic N) is 2. The van der Waals surface area contributed by atoms with E-state index in [-0.39, 0.29) is 0 Å². The van der Waals surface area contributed by atoms with Crippen molar-refractivity contribution in [2.45, 2.75) is 6.04 Å². The van der Waals surface area contributed by atoms with E-state index in [1.165, 1.54) is 12.1 Å². The van der Waals surface area contributed by atoms with Crippen molar-refractivity contribution >= 4 is 17.5 Å². The van der Waals surface area contributed by atoms with Crippen LogP contribution in [0.1, 0.15) is 27.5 Å². The number of hydrogen-bond donors (Lipinski definition) is 1. The molecule has 0 heterocycles. The first-order valence-corrected chi connectivity index (χ1v) is 6.48. The Kier molecular flexibility index (Phi) is 4.56. The number of amides is 1. The average molecular weight is 296 g/mol. The number of rotatable bonds is 3. The molecule has 4 nitrogen and oxygen atoms in total. The van der Waals surface area contributed by atoms with Crippen molar-refractivity contribution in [1.29, 1.82) is 10.5 Å². The second-order valence-corrected chi connectivity index (χ2v) is 4.65. The molecule has 0 aliphatic rings. The predicted molar refractivity (Wildman–Crippen MR) is 78.4 cm³/mol. The summed E-state index contributed by atoms with van der Waals surface area (Å²) in [6, 6.07) is 16.2. The van der Waals surface area contributed by atoms with E-state index in [0.717, 1.165) is 0 Å². The highest BCUT2D eigenvalue weighted by atomic mass is 35.5. The first-order valence-electron chi connectivity index (χ1n) is 6.11. The number of halogens is 1. The Labute approximate surface area is 127 Å². The number of nitrogens with one attached hydrogen (secondary N) is 1. The van der Waals surface area contributed by atoms with Gasteiger partial charge >= 0.3 is 0 Å². The second kappa shape index (κ2) is 6.56. The Balaban J connectivity index is 2.19. The lowest BCUT2D eigenvalue weighted by molar-refractivity contribution is 0.0945. The third-order valence-electron chi connectivity index (χ3n) is 2.90. The number of nitriles is 2. The number of benzene rings is 2. The average Bonchev–Trinajstić information content (AvgIpc) is 2.53. The van der Waals surface area contributed by atoms with Crippen molar-refractivity contribution in [3.05, 3.63) is 70.2 Å². The van der Waals surface area contributed by atoms with Crippen LogP contribution in [0.2, 0.25) is 5.02 Å². The van der Waals surface area contributed by atoms with E-state index in [1.54, 1.807) is 36.4 Å². The van der Waals surface area contributed by atoms with E-state index in [9.17, 15) is 10.1 Å². The largest absolute Gasteiger partial charge is 0.332 e. The fraction of sp³-hybridized carbons (Fsp3) is 0.0625. The molecule has 0 saturated heterocycles. The molecule has 1 atom stereocenters. The SMILES string of the molecule is N#Cc1ccc(C(=O)N[C@H](C#N)c2ccccc2Cl)cc1. The molecule has 5 heteroatoms. The quantitative estimate of drug-likeness (QED) is 0.944. The van der Waals surface area contributed by atoms with Gasteiger partial charge < -0.3 is 5.32 Å². The highest BCUT2D eigenvalue weighted by Crippen LogP contribution is 2.22. The third-order valence-corrected chi connectivity index (χ3v) is 3.24.